The first-order valence-corrected chi connectivity index (χ1v) is 8.99. The number of allylic oxidation sites excluding steroid dienone is 3. The molecule has 1 unspecified atom stereocenters. The molecule has 25 heavy (non-hydrogen) atoms. The minimum atomic E-state index is -0.560. The highest BCUT2D eigenvalue weighted by molar-refractivity contribution is 7.21. The second kappa shape index (κ2) is 6.25. The molecule has 3 aromatic rings. The van der Waals surface area contributed by atoms with E-state index >= 15 is 0 Å². The molecule has 2 heterocycles. The Bertz CT molecular complexity index is 1080. The number of alkyl halides is 1. The van der Waals surface area contributed by atoms with Crippen molar-refractivity contribution in [3.63, 3.8) is 0 Å². The van der Waals surface area contributed by atoms with Gasteiger partial charge >= 0.3 is 0 Å². The lowest BCUT2D eigenvalue weighted by molar-refractivity contribution is 0.1000. The summed E-state index contributed by atoms with van der Waals surface area (Å²) < 4.78 is 0.793. The molecule has 1 aliphatic rings. The van der Waals surface area contributed by atoms with E-state index in [-0.39, 0.29) is 10.4 Å². The minimum Gasteiger partial charge on any atom is -0.364 e. The molecule has 1 aliphatic carbocycles. The van der Waals surface area contributed by atoms with Crippen LogP contribution in [0.4, 0.5) is 5.82 Å². The summed E-state index contributed by atoms with van der Waals surface area (Å²) in [5.74, 6) is 0.0240. The van der Waals surface area contributed by atoms with Gasteiger partial charge in [-0.2, -0.15) is 0 Å². The standard InChI is InChI=1S/C16H11Cl2N5OS/c17-7-1-2-9(8(18)5-7)22-15-12-10(20-6-21-15)3-4-11-13(12)25-16(23-11)14(19)24/h2-7H,1H2,(H2,19,24)(H,20,21,22). The SMILES string of the molecule is NC(=O)c1nc2ccc3ncnc(NC4=CCC(Cl)C=C4Cl)c3c2s1. The van der Waals surface area contributed by atoms with Gasteiger partial charge in [-0.25, -0.2) is 15.0 Å². The van der Waals surface area contributed by atoms with Crippen LogP contribution in [-0.4, -0.2) is 26.2 Å². The molecule has 1 amide bonds. The van der Waals surface area contributed by atoms with Crippen LogP contribution in [0.5, 0.6) is 0 Å². The highest BCUT2D eigenvalue weighted by Gasteiger charge is 2.18. The van der Waals surface area contributed by atoms with E-state index in [1.165, 1.54) is 17.7 Å². The molecule has 1 aromatic carbocycles. The van der Waals surface area contributed by atoms with E-state index in [1.54, 1.807) is 6.08 Å². The molecule has 0 saturated carbocycles. The predicted octanol–water partition coefficient (Wildman–Crippen LogP) is 3.77. The second-order valence-corrected chi connectivity index (χ2v) is 7.39. The first kappa shape index (κ1) is 16.3. The zero-order valence-electron chi connectivity index (χ0n) is 12.7. The Kier molecular flexibility index (Phi) is 4.07. The summed E-state index contributed by atoms with van der Waals surface area (Å²) in [7, 11) is 0. The maximum Gasteiger partial charge on any atom is 0.277 e. The summed E-state index contributed by atoms with van der Waals surface area (Å²) in [4.78, 5) is 24.4. The Balaban J connectivity index is 1.88. The molecule has 126 valence electrons. The van der Waals surface area contributed by atoms with Crippen molar-refractivity contribution in [2.24, 2.45) is 5.73 Å². The third kappa shape index (κ3) is 2.95. The van der Waals surface area contributed by atoms with Gasteiger partial charge in [-0.3, -0.25) is 4.79 Å². The number of nitrogens with zero attached hydrogens (tertiary/aromatic N) is 3. The Morgan fingerprint density at radius 2 is 2.12 bits per heavy atom. The van der Waals surface area contributed by atoms with Crippen molar-refractivity contribution in [2.75, 3.05) is 5.32 Å². The largest absolute Gasteiger partial charge is 0.364 e. The van der Waals surface area contributed by atoms with Gasteiger partial charge in [0.15, 0.2) is 5.01 Å². The lowest BCUT2D eigenvalue weighted by Crippen LogP contribution is -2.09. The van der Waals surface area contributed by atoms with Gasteiger partial charge in [-0.1, -0.05) is 17.7 Å². The summed E-state index contributed by atoms with van der Waals surface area (Å²) in [6.45, 7) is 0. The van der Waals surface area contributed by atoms with Crippen LogP contribution in [0, 0.1) is 0 Å². The molecule has 6 nitrogen and oxygen atoms in total. The van der Waals surface area contributed by atoms with E-state index in [1.807, 2.05) is 18.2 Å². The monoisotopic (exact) mass is 391 g/mol. The van der Waals surface area contributed by atoms with E-state index in [4.69, 9.17) is 28.9 Å². The zero-order valence-corrected chi connectivity index (χ0v) is 15.0. The number of primary amides is 1. The van der Waals surface area contributed by atoms with Crippen molar-refractivity contribution in [1.29, 1.82) is 0 Å². The van der Waals surface area contributed by atoms with Gasteiger partial charge in [0.25, 0.3) is 5.91 Å². The fraction of sp³-hybridized carbons (Fsp3) is 0.125. The summed E-state index contributed by atoms with van der Waals surface area (Å²) in [5, 5.41) is 4.67. The molecule has 0 bridgehead atoms. The van der Waals surface area contributed by atoms with Crippen molar-refractivity contribution in [1.82, 2.24) is 15.0 Å². The van der Waals surface area contributed by atoms with Gasteiger partial charge in [0.1, 0.15) is 12.1 Å². The van der Waals surface area contributed by atoms with Gasteiger partial charge in [-0.05, 0) is 24.6 Å². The highest BCUT2D eigenvalue weighted by Crippen LogP contribution is 2.35. The highest BCUT2D eigenvalue weighted by atomic mass is 35.5. The summed E-state index contributed by atoms with van der Waals surface area (Å²) in [5.41, 5.74) is 7.49. The van der Waals surface area contributed by atoms with Crippen LogP contribution in [0.2, 0.25) is 0 Å². The van der Waals surface area contributed by atoms with Gasteiger partial charge in [0.2, 0.25) is 0 Å². The van der Waals surface area contributed by atoms with Crippen LogP contribution in [0.3, 0.4) is 0 Å². The molecule has 3 N–H and O–H groups in total. The Labute approximate surface area is 156 Å². The number of rotatable bonds is 3. The van der Waals surface area contributed by atoms with Crippen LogP contribution in [-0.2, 0) is 0 Å². The number of halogens is 2. The normalized spacial score (nSPS) is 17.4. The minimum absolute atomic E-state index is 0.119. The predicted molar refractivity (Wildman–Crippen MR) is 101 cm³/mol. The fourth-order valence-electron chi connectivity index (χ4n) is 2.61. The number of nitrogens with one attached hydrogen (secondary N) is 1. The molecule has 0 fully saturated rings. The first-order chi connectivity index (χ1) is 12.0. The van der Waals surface area contributed by atoms with E-state index in [2.05, 4.69) is 20.3 Å². The molecule has 1 atom stereocenters. The summed E-state index contributed by atoms with van der Waals surface area (Å²) in [6, 6.07) is 3.64. The van der Waals surface area contributed by atoms with E-state index in [0.717, 1.165) is 21.3 Å². The summed E-state index contributed by atoms with van der Waals surface area (Å²) >= 11 is 13.6. The van der Waals surface area contributed by atoms with Crippen molar-refractivity contribution in [2.45, 2.75) is 11.8 Å². The van der Waals surface area contributed by atoms with Crippen LogP contribution in [0.1, 0.15) is 16.2 Å². The van der Waals surface area contributed by atoms with Crippen molar-refractivity contribution < 1.29 is 4.79 Å². The first-order valence-electron chi connectivity index (χ1n) is 7.36. The molecular formula is C16H11Cl2N5OS. The third-order valence-corrected chi connectivity index (χ3v) is 5.49. The fourth-order valence-corrected chi connectivity index (χ4v) is 4.13. The zero-order chi connectivity index (χ0) is 17.6. The molecule has 0 aliphatic heterocycles. The third-order valence-electron chi connectivity index (χ3n) is 3.75. The number of hydrogen-bond acceptors (Lipinski definition) is 6. The van der Waals surface area contributed by atoms with Crippen molar-refractivity contribution in [3.8, 4) is 0 Å². The second-order valence-electron chi connectivity index (χ2n) is 5.42. The number of nitrogens with two attached hydrogens (primary N) is 1. The number of fused-ring (bicyclic) bond motifs is 3. The molecule has 9 heteroatoms. The summed E-state index contributed by atoms with van der Waals surface area (Å²) in [6.07, 6.45) is 5.85. The number of thiazole rings is 1. The number of anilines is 1. The average molecular weight is 392 g/mol. The van der Waals surface area contributed by atoms with Gasteiger partial charge in [0, 0.05) is 0 Å². The van der Waals surface area contributed by atoms with Crippen molar-refractivity contribution in [3.05, 3.63) is 46.3 Å². The Hall–Kier alpha value is -2.22. The molecule has 0 spiro atoms. The quantitative estimate of drug-likeness (QED) is 0.662. The molecule has 0 radical (unpaired) electrons. The molecule has 2 aromatic heterocycles. The number of benzene rings is 1. The smallest absolute Gasteiger partial charge is 0.277 e. The van der Waals surface area contributed by atoms with Gasteiger partial charge in [-0.15, -0.1) is 22.9 Å². The Morgan fingerprint density at radius 1 is 1.32 bits per heavy atom. The molecule has 4 rings (SSSR count). The van der Waals surface area contributed by atoms with E-state index in [9.17, 15) is 4.79 Å². The van der Waals surface area contributed by atoms with Gasteiger partial charge in [0.05, 0.1) is 37.2 Å². The lowest BCUT2D eigenvalue weighted by Gasteiger charge is -2.16. The number of carbonyl (C=O) groups is 1. The van der Waals surface area contributed by atoms with Crippen LogP contribution >= 0.6 is 34.5 Å². The van der Waals surface area contributed by atoms with Crippen LogP contribution in [0.25, 0.3) is 21.1 Å². The van der Waals surface area contributed by atoms with Gasteiger partial charge < -0.3 is 11.1 Å². The average Bonchev–Trinajstić information content (AvgIpc) is 3.02. The maximum atomic E-state index is 11.5. The lowest BCUT2D eigenvalue weighted by atomic mass is 10.1. The van der Waals surface area contributed by atoms with Crippen LogP contribution in [0.15, 0.2) is 41.3 Å². The van der Waals surface area contributed by atoms with E-state index < -0.39 is 5.91 Å². The number of hydrogen-bond donors (Lipinski definition) is 2. The number of amides is 1. The maximum absolute atomic E-state index is 11.5. The molecular weight excluding hydrogens is 381 g/mol. The van der Waals surface area contributed by atoms with Crippen LogP contribution < -0.4 is 11.1 Å². The van der Waals surface area contributed by atoms with E-state index in [0.29, 0.717) is 22.8 Å². The topological polar surface area (TPSA) is 93.8 Å². The number of carbonyl (C=O) groups excluding carboxylic acids is 1. The number of aromatic nitrogens is 3. The van der Waals surface area contributed by atoms with Crippen molar-refractivity contribution >= 4 is 67.4 Å². The Morgan fingerprint density at radius 3 is 2.88 bits per heavy atom. The molecule has 0 saturated heterocycles.